The van der Waals surface area contributed by atoms with Gasteiger partial charge in [0, 0.05) is 12.7 Å². The summed E-state index contributed by atoms with van der Waals surface area (Å²) in [6.07, 6.45) is 3.43. The van der Waals surface area contributed by atoms with Crippen LogP contribution in [0.15, 0.2) is 34.9 Å². The van der Waals surface area contributed by atoms with E-state index in [-0.39, 0.29) is 17.7 Å². The predicted molar refractivity (Wildman–Crippen MR) is 82.3 cm³/mol. The Labute approximate surface area is 133 Å². The molecule has 0 saturated carbocycles. The average Bonchev–Trinajstić information content (AvgIpc) is 3.17. The molecule has 3 rings (SSSR count). The van der Waals surface area contributed by atoms with Crippen molar-refractivity contribution in [1.29, 1.82) is 0 Å². The summed E-state index contributed by atoms with van der Waals surface area (Å²) in [5.41, 5.74) is 0.688. The van der Waals surface area contributed by atoms with Gasteiger partial charge < -0.3 is 19.2 Å². The van der Waals surface area contributed by atoms with Crippen LogP contribution in [-0.4, -0.2) is 25.2 Å². The molecule has 1 saturated heterocycles. The second-order valence-corrected chi connectivity index (χ2v) is 5.43. The molecule has 1 aliphatic rings. The van der Waals surface area contributed by atoms with Crippen molar-refractivity contribution in [2.24, 2.45) is 0 Å². The number of furan rings is 1. The first kappa shape index (κ1) is 15.6. The molecule has 1 N–H and O–H groups in total. The van der Waals surface area contributed by atoms with E-state index < -0.39 is 5.82 Å². The molecule has 2 heterocycles. The number of ether oxygens (including phenoxy) is 2. The molecular formula is C17H18FNO4. The van der Waals surface area contributed by atoms with E-state index in [9.17, 15) is 9.18 Å². The highest BCUT2D eigenvalue weighted by molar-refractivity contribution is 6.05. The summed E-state index contributed by atoms with van der Waals surface area (Å²) in [6, 6.07) is 5.60. The van der Waals surface area contributed by atoms with Gasteiger partial charge in [-0.05, 0) is 38.0 Å². The Morgan fingerprint density at radius 3 is 3.00 bits per heavy atom. The van der Waals surface area contributed by atoms with Gasteiger partial charge in [-0.25, -0.2) is 4.39 Å². The van der Waals surface area contributed by atoms with Crippen LogP contribution in [0.5, 0.6) is 5.75 Å². The third kappa shape index (κ3) is 3.71. The van der Waals surface area contributed by atoms with Crippen LogP contribution in [0, 0.1) is 12.7 Å². The maximum atomic E-state index is 13.5. The minimum Gasteiger partial charge on any atom is -0.489 e. The summed E-state index contributed by atoms with van der Waals surface area (Å²) in [7, 11) is 0. The molecule has 1 atom stereocenters. The Morgan fingerprint density at radius 1 is 1.43 bits per heavy atom. The van der Waals surface area contributed by atoms with E-state index in [4.69, 9.17) is 13.9 Å². The van der Waals surface area contributed by atoms with Gasteiger partial charge in [0.15, 0.2) is 0 Å². The second kappa shape index (κ2) is 6.83. The molecule has 5 nitrogen and oxygen atoms in total. The van der Waals surface area contributed by atoms with Crippen LogP contribution >= 0.6 is 0 Å². The van der Waals surface area contributed by atoms with Crippen LogP contribution < -0.4 is 10.1 Å². The quantitative estimate of drug-likeness (QED) is 0.916. The number of hydrogen-bond donors (Lipinski definition) is 1. The molecule has 1 aliphatic heterocycles. The van der Waals surface area contributed by atoms with Gasteiger partial charge in [-0.15, -0.1) is 0 Å². The van der Waals surface area contributed by atoms with Crippen molar-refractivity contribution >= 4 is 11.6 Å². The van der Waals surface area contributed by atoms with E-state index in [1.165, 1.54) is 24.5 Å². The molecule has 1 aromatic heterocycles. The fourth-order valence-electron chi connectivity index (χ4n) is 2.49. The molecule has 0 bridgehead atoms. The van der Waals surface area contributed by atoms with E-state index in [2.05, 4.69) is 5.32 Å². The highest BCUT2D eigenvalue weighted by Gasteiger charge is 2.18. The topological polar surface area (TPSA) is 60.7 Å². The Kier molecular flexibility index (Phi) is 4.62. The lowest BCUT2D eigenvalue weighted by atomic mass is 10.2. The lowest BCUT2D eigenvalue weighted by Crippen LogP contribution is -2.18. The van der Waals surface area contributed by atoms with Gasteiger partial charge in [-0.3, -0.25) is 4.79 Å². The maximum absolute atomic E-state index is 13.5. The number of anilines is 1. The molecule has 0 unspecified atom stereocenters. The van der Waals surface area contributed by atoms with Crippen molar-refractivity contribution in [3.05, 3.63) is 47.7 Å². The lowest BCUT2D eigenvalue weighted by Gasteiger charge is -2.15. The summed E-state index contributed by atoms with van der Waals surface area (Å²) >= 11 is 0. The predicted octanol–water partition coefficient (Wildman–Crippen LogP) is 3.54. The molecule has 0 aliphatic carbocycles. The van der Waals surface area contributed by atoms with Crippen molar-refractivity contribution in [1.82, 2.24) is 0 Å². The highest BCUT2D eigenvalue weighted by atomic mass is 19.1. The minimum absolute atomic E-state index is 0.0414. The second-order valence-electron chi connectivity index (χ2n) is 5.43. The first-order chi connectivity index (χ1) is 11.1. The fourth-order valence-corrected chi connectivity index (χ4v) is 2.49. The van der Waals surface area contributed by atoms with Crippen molar-refractivity contribution in [3.8, 4) is 5.75 Å². The van der Waals surface area contributed by atoms with E-state index in [1.54, 1.807) is 13.0 Å². The summed E-state index contributed by atoms with van der Waals surface area (Å²) in [5.74, 6) is 0.0922. The molecule has 6 heteroatoms. The standard InChI is InChI=1S/C17H18FNO4/c1-11-14(6-8-21-11)17(20)19-15-9-12(18)4-5-16(15)23-10-13-3-2-7-22-13/h4-6,8-9,13H,2-3,7,10H2,1H3,(H,19,20)/t13-/m1/s1. The Hall–Kier alpha value is -2.34. The summed E-state index contributed by atoms with van der Waals surface area (Å²) in [4.78, 5) is 12.2. The first-order valence-electron chi connectivity index (χ1n) is 7.53. The third-order valence-electron chi connectivity index (χ3n) is 3.74. The van der Waals surface area contributed by atoms with E-state index in [0.717, 1.165) is 19.4 Å². The van der Waals surface area contributed by atoms with Gasteiger partial charge >= 0.3 is 0 Å². The summed E-state index contributed by atoms with van der Waals surface area (Å²) < 4.78 is 29.8. The van der Waals surface area contributed by atoms with Gasteiger partial charge in [0.2, 0.25) is 0 Å². The van der Waals surface area contributed by atoms with Crippen molar-refractivity contribution in [2.45, 2.75) is 25.9 Å². The van der Waals surface area contributed by atoms with Gasteiger partial charge in [0.05, 0.1) is 23.6 Å². The smallest absolute Gasteiger partial charge is 0.259 e. The van der Waals surface area contributed by atoms with Gasteiger partial charge in [0.1, 0.15) is 23.9 Å². The Morgan fingerprint density at radius 2 is 2.30 bits per heavy atom. The molecule has 1 aromatic carbocycles. The van der Waals surface area contributed by atoms with Gasteiger partial charge in [-0.1, -0.05) is 0 Å². The minimum atomic E-state index is -0.450. The zero-order valence-corrected chi connectivity index (χ0v) is 12.8. The number of rotatable bonds is 5. The maximum Gasteiger partial charge on any atom is 0.259 e. The summed E-state index contributed by atoms with van der Waals surface area (Å²) in [6.45, 7) is 2.80. The molecule has 2 aromatic rings. The van der Waals surface area contributed by atoms with Crippen LogP contribution in [0.1, 0.15) is 29.0 Å². The van der Waals surface area contributed by atoms with Crippen LogP contribution in [0.2, 0.25) is 0 Å². The molecule has 122 valence electrons. The van der Waals surface area contributed by atoms with Crippen LogP contribution in [0.25, 0.3) is 0 Å². The van der Waals surface area contributed by atoms with Crippen molar-refractivity contribution in [2.75, 3.05) is 18.5 Å². The number of amides is 1. The number of benzene rings is 1. The zero-order valence-electron chi connectivity index (χ0n) is 12.8. The number of hydrogen-bond acceptors (Lipinski definition) is 4. The van der Waals surface area contributed by atoms with E-state index >= 15 is 0 Å². The van der Waals surface area contributed by atoms with E-state index in [1.807, 2.05) is 0 Å². The normalized spacial score (nSPS) is 17.2. The molecule has 1 fully saturated rings. The fraction of sp³-hybridized carbons (Fsp3) is 0.353. The monoisotopic (exact) mass is 319 g/mol. The molecule has 23 heavy (non-hydrogen) atoms. The zero-order chi connectivity index (χ0) is 16.2. The van der Waals surface area contributed by atoms with Crippen LogP contribution in [0.4, 0.5) is 10.1 Å². The average molecular weight is 319 g/mol. The largest absolute Gasteiger partial charge is 0.489 e. The lowest BCUT2D eigenvalue weighted by molar-refractivity contribution is 0.0681. The Balaban J connectivity index is 1.73. The number of carbonyl (C=O) groups is 1. The SMILES string of the molecule is Cc1occc1C(=O)Nc1cc(F)ccc1OC[C@H]1CCCO1. The molecule has 0 radical (unpaired) electrons. The molecular weight excluding hydrogens is 301 g/mol. The first-order valence-corrected chi connectivity index (χ1v) is 7.53. The molecule has 0 spiro atoms. The number of halogens is 1. The Bertz CT molecular complexity index is 692. The van der Waals surface area contributed by atoms with Crippen molar-refractivity contribution in [3.63, 3.8) is 0 Å². The van der Waals surface area contributed by atoms with Crippen LogP contribution in [-0.2, 0) is 4.74 Å². The number of aryl methyl sites for hydroxylation is 1. The summed E-state index contributed by atoms with van der Waals surface area (Å²) in [5, 5.41) is 2.67. The van der Waals surface area contributed by atoms with Crippen molar-refractivity contribution < 1.29 is 23.1 Å². The van der Waals surface area contributed by atoms with Gasteiger partial charge in [0.25, 0.3) is 5.91 Å². The number of nitrogens with one attached hydrogen (secondary N) is 1. The van der Waals surface area contributed by atoms with Crippen LogP contribution in [0.3, 0.4) is 0 Å². The number of carbonyl (C=O) groups excluding carboxylic acids is 1. The van der Waals surface area contributed by atoms with E-state index in [0.29, 0.717) is 23.7 Å². The third-order valence-corrected chi connectivity index (χ3v) is 3.74. The highest BCUT2D eigenvalue weighted by Crippen LogP contribution is 2.27. The molecule has 1 amide bonds. The van der Waals surface area contributed by atoms with Gasteiger partial charge in [-0.2, -0.15) is 0 Å².